The van der Waals surface area contributed by atoms with Crippen molar-refractivity contribution in [2.75, 3.05) is 19.6 Å². The zero-order valence-electron chi connectivity index (χ0n) is 12.7. The van der Waals surface area contributed by atoms with E-state index in [1.807, 2.05) is 12.1 Å². The molecule has 1 aromatic rings. The molecule has 0 aromatic heterocycles. The summed E-state index contributed by atoms with van der Waals surface area (Å²) >= 11 is 5.92. The minimum atomic E-state index is 0.496. The van der Waals surface area contributed by atoms with E-state index in [1.54, 1.807) is 0 Å². The average Bonchev–Trinajstić information content (AvgIpc) is 2.42. The van der Waals surface area contributed by atoms with Gasteiger partial charge in [0.1, 0.15) is 0 Å². The van der Waals surface area contributed by atoms with Crippen molar-refractivity contribution in [1.29, 1.82) is 0 Å². The highest BCUT2D eigenvalue weighted by Crippen LogP contribution is 2.12. The predicted octanol–water partition coefficient (Wildman–Crippen LogP) is 3.74. The van der Waals surface area contributed by atoms with Crippen LogP contribution < -0.4 is 5.32 Å². The van der Waals surface area contributed by atoms with E-state index in [9.17, 15) is 0 Å². The maximum atomic E-state index is 5.92. The molecular formula is C17H27ClN2. The van der Waals surface area contributed by atoms with E-state index >= 15 is 0 Å². The highest BCUT2D eigenvalue weighted by Gasteiger charge is 2.14. The van der Waals surface area contributed by atoms with Crippen LogP contribution in [0.4, 0.5) is 0 Å². The fourth-order valence-electron chi connectivity index (χ4n) is 3.10. The minimum absolute atomic E-state index is 0.496. The summed E-state index contributed by atoms with van der Waals surface area (Å²) in [7, 11) is 0. The number of benzene rings is 1. The molecule has 0 bridgehead atoms. The highest BCUT2D eigenvalue weighted by molar-refractivity contribution is 6.30. The number of hydrogen-bond donors (Lipinski definition) is 1. The van der Waals surface area contributed by atoms with E-state index in [0.717, 1.165) is 11.4 Å². The van der Waals surface area contributed by atoms with E-state index in [-0.39, 0.29) is 0 Å². The second-order valence-electron chi connectivity index (χ2n) is 6.16. The third-order valence-electron chi connectivity index (χ3n) is 4.00. The fourth-order valence-corrected chi connectivity index (χ4v) is 3.23. The molecule has 112 valence electrons. The number of halogens is 1. The average molecular weight is 295 g/mol. The molecule has 3 heteroatoms. The molecule has 2 atom stereocenters. The van der Waals surface area contributed by atoms with Gasteiger partial charge in [0.2, 0.25) is 0 Å². The van der Waals surface area contributed by atoms with E-state index in [1.165, 1.54) is 44.5 Å². The lowest BCUT2D eigenvalue weighted by atomic mass is 10.1. The third kappa shape index (κ3) is 5.43. The minimum Gasteiger partial charge on any atom is -0.310 e. The van der Waals surface area contributed by atoms with Crippen LogP contribution in [0.25, 0.3) is 0 Å². The van der Waals surface area contributed by atoms with Gasteiger partial charge in [0.15, 0.2) is 0 Å². The first kappa shape index (κ1) is 15.8. The van der Waals surface area contributed by atoms with Crippen molar-refractivity contribution < 1.29 is 0 Å². The van der Waals surface area contributed by atoms with Crippen molar-refractivity contribution in [3.05, 3.63) is 34.9 Å². The predicted molar refractivity (Wildman–Crippen MR) is 87.5 cm³/mol. The molecule has 2 unspecified atom stereocenters. The first-order chi connectivity index (χ1) is 9.63. The summed E-state index contributed by atoms with van der Waals surface area (Å²) in [4.78, 5) is 2.59. The van der Waals surface area contributed by atoms with Crippen LogP contribution in [-0.2, 0) is 6.42 Å². The number of likely N-dealkylation sites (tertiary alicyclic amines) is 1. The van der Waals surface area contributed by atoms with Crippen molar-refractivity contribution in [3.63, 3.8) is 0 Å². The van der Waals surface area contributed by atoms with Gasteiger partial charge >= 0.3 is 0 Å². The van der Waals surface area contributed by atoms with Gasteiger partial charge < -0.3 is 10.2 Å². The number of nitrogens with zero attached hydrogens (tertiary/aromatic N) is 1. The third-order valence-corrected chi connectivity index (χ3v) is 4.26. The maximum absolute atomic E-state index is 5.92. The Morgan fingerprint density at radius 1 is 1.05 bits per heavy atom. The zero-order chi connectivity index (χ0) is 14.4. The molecule has 2 nitrogen and oxygen atoms in total. The number of piperidine rings is 1. The van der Waals surface area contributed by atoms with Gasteiger partial charge in [-0.3, -0.25) is 0 Å². The van der Waals surface area contributed by atoms with E-state index in [4.69, 9.17) is 11.6 Å². The molecular weight excluding hydrogens is 268 g/mol. The summed E-state index contributed by atoms with van der Waals surface area (Å²) in [6, 6.07) is 9.24. The standard InChI is InChI=1S/C17H27ClN2/c1-14(12-16-6-8-17(18)9-7-16)19-15(2)13-20-10-4-3-5-11-20/h6-9,14-15,19H,3-5,10-13H2,1-2H3. The van der Waals surface area contributed by atoms with Gasteiger partial charge in [-0.15, -0.1) is 0 Å². The van der Waals surface area contributed by atoms with Crippen molar-refractivity contribution in [1.82, 2.24) is 10.2 Å². The highest BCUT2D eigenvalue weighted by atomic mass is 35.5. The van der Waals surface area contributed by atoms with Crippen LogP contribution in [0, 0.1) is 0 Å². The number of hydrogen-bond acceptors (Lipinski definition) is 2. The first-order valence-corrected chi connectivity index (χ1v) is 8.24. The Labute approximate surface area is 128 Å². The van der Waals surface area contributed by atoms with E-state index in [2.05, 4.69) is 36.2 Å². The molecule has 1 saturated heterocycles. The first-order valence-electron chi connectivity index (χ1n) is 7.86. The molecule has 1 aliphatic rings. The molecule has 20 heavy (non-hydrogen) atoms. The normalized spacial score (nSPS) is 19.8. The molecule has 0 aliphatic carbocycles. The summed E-state index contributed by atoms with van der Waals surface area (Å²) in [6.45, 7) is 8.29. The van der Waals surface area contributed by atoms with Crippen LogP contribution in [0.5, 0.6) is 0 Å². The van der Waals surface area contributed by atoms with Crippen LogP contribution in [0.1, 0.15) is 38.7 Å². The molecule has 0 spiro atoms. The zero-order valence-corrected chi connectivity index (χ0v) is 13.5. The maximum Gasteiger partial charge on any atom is 0.0406 e. The Hall–Kier alpha value is -0.570. The molecule has 1 N–H and O–H groups in total. The van der Waals surface area contributed by atoms with Gasteiger partial charge in [-0.1, -0.05) is 30.2 Å². The van der Waals surface area contributed by atoms with E-state index < -0.39 is 0 Å². The van der Waals surface area contributed by atoms with E-state index in [0.29, 0.717) is 12.1 Å². The summed E-state index contributed by atoms with van der Waals surface area (Å²) < 4.78 is 0. The quantitative estimate of drug-likeness (QED) is 0.860. The summed E-state index contributed by atoms with van der Waals surface area (Å²) in [5, 5.41) is 4.53. The monoisotopic (exact) mass is 294 g/mol. The second kappa shape index (κ2) is 8.02. The van der Waals surface area contributed by atoms with Crippen LogP contribution in [0.15, 0.2) is 24.3 Å². The van der Waals surface area contributed by atoms with Gasteiger partial charge in [-0.05, 0) is 63.9 Å². The van der Waals surface area contributed by atoms with Crippen LogP contribution in [0.3, 0.4) is 0 Å². The lowest BCUT2D eigenvalue weighted by Gasteiger charge is -2.30. The van der Waals surface area contributed by atoms with Gasteiger partial charge in [0.05, 0.1) is 0 Å². The Kier molecular flexibility index (Phi) is 6.34. The Bertz CT molecular complexity index is 384. The Morgan fingerprint density at radius 3 is 2.35 bits per heavy atom. The Morgan fingerprint density at radius 2 is 1.70 bits per heavy atom. The largest absolute Gasteiger partial charge is 0.310 e. The van der Waals surface area contributed by atoms with Gasteiger partial charge in [0.25, 0.3) is 0 Å². The SMILES string of the molecule is CC(Cc1ccc(Cl)cc1)NC(C)CN1CCCCC1. The van der Waals surface area contributed by atoms with Gasteiger partial charge in [0, 0.05) is 23.7 Å². The molecule has 1 heterocycles. The smallest absolute Gasteiger partial charge is 0.0406 e. The molecule has 0 amide bonds. The van der Waals surface area contributed by atoms with Crippen LogP contribution in [0.2, 0.25) is 5.02 Å². The van der Waals surface area contributed by atoms with Gasteiger partial charge in [-0.2, -0.15) is 0 Å². The molecule has 1 fully saturated rings. The lowest BCUT2D eigenvalue weighted by molar-refractivity contribution is 0.205. The molecule has 0 radical (unpaired) electrons. The number of rotatable bonds is 6. The lowest BCUT2D eigenvalue weighted by Crippen LogP contribution is -2.45. The summed E-state index contributed by atoms with van der Waals surface area (Å²) in [5.74, 6) is 0. The summed E-state index contributed by atoms with van der Waals surface area (Å²) in [5.41, 5.74) is 1.35. The number of nitrogens with one attached hydrogen (secondary N) is 1. The molecule has 1 aromatic carbocycles. The van der Waals surface area contributed by atoms with Crippen LogP contribution in [-0.4, -0.2) is 36.6 Å². The molecule has 1 aliphatic heterocycles. The van der Waals surface area contributed by atoms with Crippen molar-refractivity contribution in [2.24, 2.45) is 0 Å². The van der Waals surface area contributed by atoms with Crippen molar-refractivity contribution in [3.8, 4) is 0 Å². The summed E-state index contributed by atoms with van der Waals surface area (Å²) in [6.07, 6.45) is 5.20. The molecule has 2 rings (SSSR count). The van der Waals surface area contributed by atoms with Crippen molar-refractivity contribution >= 4 is 11.6 Å². The fraction of sp³-hybridized carbons (Fsp3) is 0.647. The van der Waals surface area contributed by atoms with Crippen molar-refractivity contribution in [2.45, 2.75) is 51.6 Å². The molecule has 0 saturated carbocycles. The topological polar surface area (TPSA) is 15.3 Å². The van der Waals surface area contributed by atoms with Gasteiger partial charge in [-0.25, -0.2) is 0 Å². The Balaban J connectivity index is 1.72. The second-order valence-corrected chi connectivity index (χ2v) is 6.60. The van der Waals surface area contributed by atoms with Crippen LogP contribution >= 0.6 is 11.6 Å².